The average Bonchev–Trinajstić information content (AvgIpc) is 3.21. The maximum absolute atomic E-state index is 12.1. The highest BCUT2D eigenvalue weighted by molar-refractivity contribution is 7.15. The number of imidazole rings is 1. The largest absolute Gasteiger partial charge is 0.337 e. The second-order valence-corrected chi connectivity index (χ2v) is 6.07. The number of hydrogen-bond donors (Lipinski definition) is 1. The van der Waals surface area contributed by atoms with E-state index in [0.29, 0.717) is 18.3 Å². The first-order valence-electron chi connectivity index (χ1n) is 7.37. The van der Waals surface area contributed by atoms with Crippen LogP contribution in [0.2, 0.25) is 0 Å². The van der Waals surface area contributed by atoms with Crippen LogP contribution in [0.3, 0.4) is 0 Å². The fourth-order valence-electron chi connectivity index (χ4n) is 2.12. The van der Waals surface area contributed by atoms with Crippen LogP contribution in [-0.4, -0.2) is 37.5 Å². The molecule has 0 unspecified atom stereocenters. The number of nitrogens with one attached hydrogen (secondary N) is 1. The van der Waals surface area contributed by atoms with Crippen LogP contribution in [0.5, 0.6) is 0 Å². The van der Waals surface area contributed by atoms with Gasteiger partial charge < -0.3 is 14.7 Å². The number of fused-ring (bicyclic) bond motifs is 1. The molecule has 0 atom stereocenters. The molecule has 122 valence electrons. The Morgan fingerprint density at radius 2 is 2.35 bits per heavy atom. The van der Waals surface area contributed by atoms with Crippen LogP contribution >= 0.6 is 11.3 Å². The Morgan fingerprint density at radius 1 is 1.48 bits per heavy atom. The van der Waals surface area contributed by atoms with E-state index in [4.69, 9.17) is 4.52 Å². The maximum Gasteiger partial charge on any atom is 0.317 e. The highest BCUT2D eigenvalue weighted by Crippen LogP contribution is 2.11. The average molecular weight is 334 g/mol. The van der Waals surface area contributed by atoms with Gasteiger partial charge in [-0.2, -0.15) is 4.98 Å². The third-order valence-electron chi connectivity index (χ3n) is 3.27. The predicted molar refractivity (Wildman–Crippen MR) is 85.1 cm³/mol. The second-order valence-electron chi connectivity index (χ2n) is 5.19. The maximum atomic E-state index is 12.1. The molecule has 0 saturated carbocycles. The summed E-state index contributed by atoms with van der Waals surface area (Å²) in [6.45, 7) is 2.71. The zero-order valence-electron chi connectivity index (χ0n) is 13.0. The van der Waals surface area contributed by atoms with Crippen molar-refractivity contribution in [3.63, 3.8) is 0 Å². The first-order chi connectivity index (χ1) is 11.2. The summed E-state index contributed by atoms with van der Waals surface area (Å²) in [5, 5.41) is 8.67. The van der Waals surface area contributed by atoms with Crippen molar-refractivity contribution in [3.05, 3.63) is 35.2 Å². The van der Waals surface area contributed by atoms with Crippen molar-refractivity contribution in [1.29, 1.82) is 0 Å². The molecule has 0 aromatic carbocycles. The Kier molecular flexibility index (Phi) is 4.56. The summed E-state index contributed by atoms with van der Waals surface area (Å²) in [6.07, 6.45) is 5.57. The van der Waals surface area contributed by atoms with Crippen LogP contribution in [0.1, 0.15) is 30.8 Å². The number of carbonyl (C=O) groups excluding carboxylic acids is 1. The SMILES string of the molecule is CCCc1noc(CN(C)C(=O)NCc2cn3ccsc3n2)n1. The smallest absolute Gasteiger partial charge is 0.317 e. The third kappa shape index (κ3) is 3.67. The molecule has 3 aromatic heterocycles. The number of rotatable bonds is 6. The van der Waals surface area contributed by atoms with Gasteiger partial charge in [0.25, 0.3) is 0 Å². The van der Waals surface area contributed by atoms with Crippen molar-refractivity contribution >= 4 is 22.3 Å². The van der Waals surface area contributed by atoms with Gasteiger partial charge in [-0.05, 0) is 6.42 Å². The highest BCUT2D eigenvalue weighted by atomic mass is 32.1. The van der Waals surface area contributed by atoms with Crippen LogP contribution in [0.25, 0.3) is 4.96 Å². The summed E-state index contributed by atoms with van der Waals surface area (Å²) in [5.74, 6) is 1.11. The van der Waals surface area contributed by atoms with Crippen molar-refractivity contribution in [2.45, 2.75) is 32.9 Å². The molecule has 23 heavy (non-hydrogen) atoms. The molecule has 0 fully saturated rings. The van der Waals surface area contributed by atoms with E-state index in [0.717, 1.165) is 23.5 Å². The molecule has 9 heteroatoms. The molecule has 0 aliphatic rings. The lowest BCUT2D eigenvalue weighted by molar-refractivity contribution is 0.199. The van der Waals surface area contributed by atoms with E-state index in [9.17, 15) is 4.79 Å². The number of aromatic nitrogens is 4. The number of aryl methyl sites for hydroxylation is 1. The van der Waals surface area contributed by atoms with Gasteiger partial charge in [0.1, 0.15) is 6.54 Å². The lowest BCUT2D eigenvalue weighted by atomic mass is 10.3. The van der Waals surface area contributed by atoms with Crippen molar-refractivity contribution in [1.82, 2.24) is 29.7 Å². The minimum atomic E-state index is -0.211. The second kappa shape index (κ2) is 6.78. The molecule has 3 rings (SSSR count). The normalized spacial score (nSPS) is 11.0. The summed E-state index contributed by atoms with van der Waals surface area (Å²) in [4.78, 5) is 23.2. The Bertz CT molecular complexity index is 763. The molecule has 2 amide bonds. The lowest BCUT2D eigenvalue weighted by Crippen LogP contribution is -2.36. The van der Waals surface area contributed by atoms with E-state index in [-0.39, 0.29) is 12.6 Å². The molecule has 0 bridgehead atoms. The molecule has 3 heterocycles. The van der Waals surface area contributed by atoms with Gasteiger partial charge in [0.15, 0.2) is 10.8 Å². The minimum absolute atomic E-state index is 0.211. The molecule has 8 nitrogen and oxygen atoms in total. The van der Waals surface area contributed by atoms with Gasteiger partial charge in [0, 0.05) is 31.2 Å². The van der Waals surface area contributed by atoms with Gasteiger partial charge in [-0.3, -0.25) is 4.40 Å². The van der Waals surface area contributed by atoms with E-state index in [1.807, 2.05) is 22.2 Å². The number of nitrogens with zero attached hydrogens (tertiary/aromatic N) is 5. The number of thiazole rings is 1. The molecule has 0 aliphatic heterocycles. The molecular weight excluding hydrogens is 316 g/mol. The Hall–Kier alpha value is -2.42. The summed E-state index contributed by atoms with van der Waals surface area (Å²) in [6, 6.07) is -0.211. The fraction of sp³-hybridized carbons (Fsp3) is 0.429. The summed E-state index contributed by atoms with van der Waals surface area (Å²) < 4.78 is 7.07. The van der Waals surface area contributed by atoms with Gasteiger partial charge in [-0.15, -0.1) is 11.3 Å². The molecule has 0 radical (unpaired) electrons. The van der Waals surface area contributed by atoms with Gasteiger partial charge in [-0.25, -0.2) is 9.78 Å². The number of amides is 2. The van der Waals surface area contributed by atoms with E-state index >= 15 is 0 Å². The topological polar surface area (TPSA) is 88.6 Å². The first kappa shape index (κ1) is 15.5. The van der Waals surface area contributed by atoms with Gasteiger partial charge in [0.2, 0.25) is 5.89 Å². The molecule has 3 aromatic rings. The zero-order valence-corrected chi connectivity index (χ0v) is 13.8. The van der Waals surface area contributed by atoms with Gasteiger partial charge in [-0.1, -0.05) is 12.1 Å². The van der Waals surface area contributed by atoms with E-state index in [2.05, 4.69) is 27.4 Å². The van der Waals surface area contributed by atoms with Crippen molar-refractivity contribution in [2.24, 2.45) is 0 Å². The molecule has 0 spiro atoms. The first-order valence-corrected chi connectivity index (χ1v) is 8.25. The van der Waals surface area contributed by atoms with Crippen molar-refractivity contribution < 1.29 is 9.32 Å². The Labute approximate surface area is 137 Å². The molecule has 0 saturated heterocycles. The van der Waals surface area contributed by atoms with Crippen molar-refractivity contribution in [3.8, 4) is 0 Å². The van der Waals surface area contributed by atoms with Gasteiger partial charge >= 0.3 is 6.03 Å². The standard InChI is InChI=1S/C14H18N6O2S/c1-3-4-11-17-12(22-18-11)9-19(2)13(21)15-7-10-8-20-5-6-23-14(20)16-10/h5-6,8H,3-4,7,9H2,1-2H3,(H,15,21). The van der Waals surface area contributed by atoms with Gasteiger partial charge in [0.05, 0.1) is 12.2 Å². The van der Waals surface area contributed by atoms with Crippen LogP contribution in [0.4, 0.5) is 4.79 Å². The van der Waals surface area contributed by atoms with Crippen molar-refractivity contribution in [2.75, 3.05) is 7.05 Å². The summed E-state index contributed by atoms with van der Waals surface area (Å²) in [7, 11) is 1.69. The van der Waals surface area contributed by atoms with E-state index in [1.54, 1.807) is 18.4 Å². The zero-order chi connectivity index (χ0) is 16.2. The quantitative estimate of drug-likeness (QED) is 0.745. The van der Waals surface area contributed by atoms with E-state index in [1.165, 1.54) is 4.90 Å². The monoisotopic (exact) mass is 334 g/mol. The lowest BCUT2D eigenvalue weighted by Gasteiger charge is -2.15. The predicted octanol–water partition coefficient (Wildman–Crippen LogP) is 2.07. The summed E-state index contributed by atoms with van der Waals surface area (Å²) >= 11 is 1.56. The minimum Gasteiger partial charge on any atom is -0.337 e. The Morgan fingerprint density at radius 3 is 3.13 bits per heavy atom. The van der Waals surface area contributed by atoms with E-state index < -0.39 is 0 Å². The fourth-order valence-corrected chi connectivity index (χ4v) is 2.84. The number of carbonyl (C=O) groups is 1. The molecule has 1 N–H and O–H groups in total. The van der Waals surface area contributed by atoms with Crippen LogP contribution in [-0.2, 0) is 19.5 Å². The molecular formula is C14H18N6O2S. The number of hydrogen-bond acceptors (Lipinski definition) is 6. The van der Waals surface area contributed by atoms with Crippen LogP contribution in [0.15, 0.2) is 22.3 Å². The number of urea groups is 1. The summed E-state index contributed by atoms with van der Waals surface area (Å²) in [5.41, 5.74) is 0.821. The van der Waals surface area contributed by atoms with Crippen LogP contribution in [0, 0.1) is 0 Å². The third-order valence-corrected chi connectivity index (χ3v) is 4.04. The molecule has 0 aliphatic carbocycles. The van der Waals surface area contributed by atoms with Crippen LogP contribution < -0.4 is 5.32 Å². The Balaban J connectivity index is 1.51. The highest BCUT2D eigenvalue weighted by Gasteiger charge is 2.14.